The van der Waals surface area contributed by atoms with Gasteiger partial charge in [-0.25, -0.2) is 0 Å². The molecule has 0 saturated carbocycles. The summed E-state index contributed by atoms with van der Waals surface area (Å²) < 4.78 is 0. The summed E-state index contributed by atoms with van der Waals surface area (Å²) in [6.07, 6.45) is 0. The highest BCUT2D eigenvalue weighted by Crippen LogP contribution is 2.22. The molecule has 1 atom stereocenters. The van der Waals surface area contributed by atoms with E-state index in [1.165, 1.54) is 12.1 Å². The lowest BCUT2D eigenvalue weighted by Crippen LogP contribution is -2.27. The lowest BCUT2D eigenvalue weighted by atomic mass is 10.0. The summed E-state index contributed by atoms with van der Waals surface area (Å²) in [5, 5.41) is 14.4. The van der Waals surface area contributed by atoms with Gasteiger partial charge in [0.1, 0.15) is 0 Å². The number of carbonyl (C=O) groups excluding carboxylic acids is 1. The van der Waals surface area contributed by atoms with E-state index < -0.39 is 4.92 Å². The molecule has 0 heterocycles. The largest absolute Gasteiger partial charge is 0.346 e. The molecule has 0 aromatic heterocycles. The van der Waals surface area contributed by atoms with Gasteiger partial charge in [-0.2, -0.15) is 0 Å². The minimum Gasteiger partial charge on any atom is -0.346 e. The van der Waals surface area contributed by atoms with Gasteiger partial charge in [-0.1, -0.05) is 29.8 Å². The van der Waals surface area contributed by atoms with E-state index in [-0.39, 0.29) is 17.6 Å². The molecule has 1 amide bonds. The molecule has 0 bridgehead atoms. The van der Waals surface area contributed by atoms with E-state index in [0.717, 1.165) is 5.56 Å². The summed E-state index contributed by atoms with van der Waals surface area (Å²) in [5.41, 5.74) is 1.44. The second-order valence-electron chi connectivity index (χ2n) is 4.96. The van der Waals surface area contributed by atoms with Crippen LogP contribution in [0.15, 0.2) is 42.5 Å². The van der Waals surface area contributed by atoms with Gasteiger partial charge >= 0.3 is 0 Å². The summed E-state index contributed by atoms with van der Waals surface area (Å²) in [7, 11) is 0. The van der Waals surface area contributed by atoms with Crippen LogP contribution in [0.2, 0.25) is 5.02 Å². The fourth-order valence-corrected chi connectivity index (χ4v) is 2.40. The lowest BCUT2D eigenvalue weighted by Gasteiger charge is -2.15. The number of nitro groups is 1. The molecule has 2 rings (SSSR count). The zero-order valence-electron chi connectivity index (χ0n) is 12.2. The molecule has 0 aliphatic rings. The third-order valence-electron chi connectivity index (χ3n) is 3.44. The van der Waals surface area contributed by atoms with Crippen molar-refractivity contribution in [3.8, 4) is 0 Å². The maximum Gasteiger partial charge on any atom is 0.273 e. The zero-order valence-corrected chi connectivity index (χ0v) is 12.9. The first-order chi connectivity index (χ1) is 10.4. The number of nitrogens with one attached hydrogen (secondary N) is 1. The molecule has 0 saturated heterocycles. The minimum atomic E-state index is -0.494. The standard InChI is InChI=1S/C16H15ClN2O3/c1-10-14(7-4-8-15(10)19(21)22)16(20)18-11(2)12-5-3-6-13(17)9-12/h3-9,11H,1-2H3,(H,18,20). The molecule has 0 aliphatic heterocycles. The molecule has 0 aliphatic carbocycles. The van der Waals surface area contributed by atoms with E-state index in [4.69, 9.17) is 11.6 Å². The number of hydrogen-bond acceptors (Lipinski definition) is 3. The van der Waals surface area contributed by atoms with Crippen molar-refractivity contribution in [2.24, 2.45) is 0 Å². The smallest absolute Gasteiger partial charge is 0.273 e. The number of rotatable bonds is 4. The van der Waals surface area contributed by atoms with Crippen LogP contribution in [0.1, 0.15) is 34.5 Å². The van der Waals surface area contributed by atoms with Crippen LogP contribution in [-0.4, -0.2) is 10.8 Å². The fraction of sp³-hybridized carbons (Fsp3) is 0.188. The van der Waals surface area contributed by atoms with Crippen LogP contribution in [0.5, 0.6) is 0 Å². The molecule has 2 aromatic carbocycles. The van der Waals surface area contributed by atoms with Gasteiger partial charge < -0.3 is 5.32 Å². The van der Waals surface area contributed by atoms with Crippen molar-refractivity contribution in [1.29, 1.82) is 0 Å². The average molecular weight is 319 g/mol. The second kappa shape index (κ2) is 6.58. The summed E-state index contributed by atoms with van der Waals surface area (Å²) >= 11 is 5.94. The Morgan fingerprint density at radius 3 is 2.59 bits per heavy atom. The van der Waals surface area contributed by atoms with Crippen LogP contribution in [0.4, 0.5) is 5.69 Å². The Kier molecular flexibility index (Phi) is 4.78. The van der Waals surface area contributed by atoms with Gasteiger partial charge in [0.2, 0.25) is 0 Å². The van der Waals surface area contributed by atoms with Gasteiger partial charge in [0.25, 0.3) is 11.6 Å². The Morgan fingerprint density at radius 2 is 1.95 bits per heavy atom. The second-order valence-corrected chi connectivity index (χ2v) is 5.39. The van der Waals surface area contributed by atoms with E-state index in [1.807, 2.05) is 13.0 Å². The van der Waals surface area contributed by atoms with Crippen molar-refractivity contribution in [3.05, 3.63) is 74.3 Å². The van der Waals surface area contributed by atoms with Crippen molar-refractivity contribution >= 4 is 23.2 Å². The predicted molar refractivity (Wildman–Crippen MR) is 85.2 cm³/mol. The molecule has 1 N–H and O–H groups in total. The first kappa shape index (κ1) is 16.0. The molecule has 2 aromatic rings. The van der Waals surface area contributed by atoms with Crippen molar-refractivity contribution in [1.82, 2.24) is 5.32 Å². The highest BCUT2D eigenvalue weighted by molar-refractivity contribution is 6.30. The quantitative estimate of drug-likeness (QED) is 0.682. The third kappa shape index (κ3) is 3.43. The molecular formula is C16H15ClN2O3. The van der Waals surface area contributed by atoms with Crippen molar-refractivity contribution in [3.63, 3.8) is 0 Å². The summed E-state index contributed by atoms with van der Waals surface area (Å²) in [6, 6.07) is 11.4. The molecule has 0 radical (unpaired) electrons. The first-order valence-corrected chi connectivity index (χ1v) is 7.08. The van der Waals surface area contributed by atoms with Gasteiger partial charge in [-0.15, -0.1) is 0 Å². The van der Waals surface area contributed by atoms with E-state index in [9.17, 15) is 14.9 Å². The minimum absolute atomic E-state index is 0.0666. The number of hydrogen-bond donors (Lipinski definition) is 1. The number of nitro benzene ring substituents is 1. The Morgan fingerprint density at radius 1 is 1.27 bits per heavy atom. The number of carbonyl (C=O) groups is 1. The topological polar surface area (TPSA) is 72.2 Å². The molecule has 22 heavy (non-hydrogen) atoms. The van der Waals surface area contributed by atoms with E-state index >= 15 is 0 Å². The third-order valence-corrected chi connectivity index (χ3v) is 3.68. The van der Waals surface area contributed by atoms with Crippen molar-refractivity contribution in [2.75, 3.05) is 0 Å². The van der Waals surface area contributed by atoms with Crippen LogP contribution in [0.3, 0.4) is 0 Å². The first-order valence-electron chi connectivity index (χ1n) is 6.70. The van der Waals surface area contributed by atoms with Crippen LogP contribution < -0.4 is 5.32 Å². The predicted octanol–water partition coefficient (Wildman–Crippen LogP) is 4.05. The summed E-state index contributed by atoms with van der Waals surface area (Å²) in [5.74, 6) is -0.353. The van der Waals surface area contributed by atoms with Crippen LogP contribution in [-0.2, 0) is 0 Å². The molecule has 0 fully saturated rings. The van der Waals surface area contributed by atoms with Crippen LogP contribution in [0, 0.1) is 17.0 Å². The zero-order chi connectivity index (χ0) is 16.3. The normalized spacial score (nSPS) is 11.8. The molecule has 114 valence electrons. The SMILES string of the molecule is Cc1c(C(=O)NC(C)c2cccc(Cl)c2)cccc1[N+](=O)[O-]. The Hall–Kier alpha value is -2.40. The monoisotopic (exact) mass is 318 g/mol. The van der Waals surface area contributed by atoms with Gasteiger partial charge in [0.15, 0.2) is 0 Å². The Bertz CT molecular complexity index is 731. The van der Waals surface area contributed by atoms with E-state index in [2.05, 4.69) is 5.32 Å². The number of benzene rings is 2. The number of amides is 1. The molecule has 5 nitrogen and oxygen atoms in total. The lowest BCUT2D eigenvalue weighted by molar-refractivity contribution is -0.385. The van der Waals surface area contributed by atoms with Gasteiger partial charge in [-0.3, -0.25) is 14.9 Å². The number of nitrogens with zero attached hydrogens (tertiary/aromatic N) is 1. The Balaban J connectivity index is 2.23. The highest BCUT2D eigenvalue weighted by atomic mass is 35.5. The molecule has 1 unspecified atom stereocenters. The van der Waals surface area contributed by atoms with Gasteiger partial charge in [0, 0.05) is 22.2 Å². The summed E-state index contributed by atoms with van der Waals surface area (Å²) in [6.45, 7) is 3.40. The van der Waals surface area contributed by atoms with Crippen molar-refractivity contribution < 1.29 is 9.72 Å². The Labute approximate surface area is 133 Å². The van der Waals surface area contributed by atoms with Crippen molar-refractivity contribution in [2.45, 2.75) is 19.9 Å². The van der Waals surface area contributed by atoms with E-state index in [1.54, 1.807) is 31.2 Å². The molecule has 6 heteroatoms. The maximum atomic E-state index is 12.3. The number of halogens is 1. The fourth-order valence-electron chi connectivity index (χ4n) is 2.20. The maximum absolute atomic E-state index is 12.3. The highest BCUT2D eigenvalue weighted by Gasteiger charge is 2.19. The molecule has 0 spiro atoms. The molecular weight excluding hydrogens is 304 g/mol. The summed E-state index contributed by atoms with van der Waals surface area (Å²) in [4.78, 5) is 22.8. The van der Waals surface area contributed by atoms with Gasteiger partial charge in [-0.05, 0) is 37.6 Å². The van der Waals surface area contributed by atoms with Gasteiger partial charge in [0.05, 0.1) is 11.0 Å². The van der Waals surface area contributed by atoms with Crippen LogP contribution in [0.25, 0.3) is 0 Å². The van der Waals surface area contributed by atoms with Crippen LogP contribution >= 0.6 is 11.6 Å². The average Bonchev–Trinajstić information content (AvgIpc) is 2.46. The van der Waals surface area contributed by atoms with E-state index in [0.29, 0.717) is 16.1 Å².